The molecule has 4 unspecified atom stereocenters. The van der Waals surface area contributed by atoms with E-state index >= 15 is 0 Å². The van der Waals surface area contributed by atoms with Gasteiger partial charge in [-0.2, -0.15) is 0 Å². The summed E-state index contributed by atoms with van der Waals surface area (Å²) < 4.78 is 7.65. The molecule has 0 aliphatic heterocycles. The number of aromatic nitrogens is 1. The fraction of sp³-hybridized carbons (Fsp3) is 0.577. The molecule has 1 heterocycles. The molecule has 0 saturated heterocycles. The van der Waals surface area contributed by atoms with Crippen molar-refractivity contribution in [3.8, 4) is 0 Å². The zero-order valence-corrected chi connectivity index (χ0v) is 21.1. The van der Waals surface area contributed by atoms with E-state index in [4.69, 9.17) is 1.37 Å². The topological polar surface area (TPSA) is 62.3 Å². The molecule has 0 fully saturated rings. The molecule has 0 aliphatic rings. The molecule has 176 valence electrons. The quantitative estimate of drug-likeness (QED) is 0.419. The van der Waals surface area contributed by atoms with Crippen molar-refractivity contribution in [3.05, 3.63) is 52.0 Å². The summed E-state index contributed by atoms with van der Waals surface area (Å²) in [5, 5.41) is 5.91. The smallest absolute Gasteiger partial charge is 0.270 e. The Labute approximate surface area is 199 Å². The monoisotopic (exact) mass is 459 g/mol. The van der Waals surface area contributed by atoms with Crippen LogP contribution >= 0.6 is 11.3 Å². The van der Waals surface area contributed by atoms with Gasteiger partial charge in [-0.15, -0.1) is 11.3 Å². The number of carbonyl (C=O) groups excluding carboxylic acids is 2. The summed E-state index contributed by atoms with van der Waals surface area (Å²) in [4.78, 5) is 31.3. The fourth-order valence-electron chi connectivity index (χ4n) is 4.08. The predicted molar refractivity (Wildman–Crippen MR) is 133 cm³/mol. The van der Waals surface area contributed by atoms with Crippen LogP contribution in [0.25, 0.3) is 0 Å². The van der Waals surface area contributed by atoms with Gasteiger partial charge in [-0.3, -0.25) is 4.79 Å². The maximum Gasteiger partial charge on any atom is 0.270 e. The van der Waals surface area contributed by atoms with E-state index in [-0.39, 0.29) is 23.8 Å². The van der Waals surface area contributed by atoms with E-state index in [0.29, 0.717) is 36.5 Å². The zero-order valence-electron chi connectivity index (χ0n) is 21.3. The molecule has 4 atom stereocenters. The molecule has 1 N–H and O–H groups in total. The van der Waals surface area contributed by atoms with Crippen molar-refractivity contribution < 1.29 is 11.0 Å². The summed E-state index contributed by atoms with van der Waals surface area (Å²) in [6.45, 7) is 11.7. The van der Waals surface area contributed by atoms with Crippen molar-refractivity contribution in [3.63, 3.8) is 0 Å². The van der Waals surface area contributed by atoms with Crippen molar-refractivity contribution in [2.45, 2.75) is 71.9 Å². The first-order valence-electron chi connectivity index (χ1n) is 12.1. The van der Waals surface area contributed by atoms with E-state index in [2.05, 4.69) is 49.9 Å². The number of hydrogen-bond acceptors (Lipinski definition) is 5. The van der Waals surface area contributed by atoms with Crippen molar-refractivity contribution in [1.82, 2.24) is 15.2 Å². The minimum absolute atomic E-state index is 0.153. The summed E-state index contributed by atoms with van der Waals surface area (Å²) in [6.07, 6.45) is 3.09. The van der Waals surface area contributed by atoms with E-state index < -0.39 is 0 Å². The van der Waals surface area contributed by atoms with E-state index in [1.165, 1.54) is 0 Å². The van der Waals surface area contributed by atoms with Crippen molar-refractivity contribution >= 4 is 23.5 Å². The minimum Gasteiger partial charge on any atom is -0.348 e. The summed E-state index contributed by atoms with van der Waals surface area (Å²) in [6, 6.07) is 8.02. The molecule has 0 aliphatic carbocycles. The highest BCUT2D eigenvalue weighted by atomic mass is 32.1. The standard InChI is InChI=1S/C26H39N3O2S/c1-7-29(6)24(18(2)3)14-20(5)26-28-23(17-32-26)25(31)27-22(13-19(4)16-30)15-21-11-9-8-10-12-21/h8-12,16-20,22,24H,7,13-15H2,1-6H3,(H,27,31)/i8T. The third-order valence-electron chi connectivity index (χ3n) is 6.10. The van der Waals surface area contributed by atoms with E-state index in [1.54, 1.807) is 23.5 Å². The number of thiazole rings is 1. The largest absolute Gasteiger partial charge is 0.348 e. The maximum absolute atomic E-state index is 13.0. The van der Waals surface area contributed by atoms with Gasteiger partial charge in [-0.1, -0.05) is 64.9 Å². The number of carbonyl (C=O) groups is 2. The normalized spacial score (nSPS) is 15.8. The molecule has 1 aromatic carbocycles. The summed E-state index contributed by atoms with van der Waals surface area (Å²) in [5.41, 5.74) is 1.47. The second-order valence-corrected chi connectivity index (χ2v) is 10.1. The van der Waals surface area contributed by atoms with Crippen LogP contribution in [0.15, 0.2) is 35.7 Å². The van der Waals surface area contributed by atoms with Crippen LogP contribution in [0.4, 0.5) is 0 Å². The Hall–Kier alpha value is -2.05. The van der Waals surface area contributed by atoms with Crippen LogP contribution in [-0.4, -0.2) is 47.8 Å². The first-order chi connectivity index (χ1) is 15.6. The molecule has 32 heavy (non-hydrogen) atoms. The van der Waals surface area contributed by atoms with Crippen LogP contribution in [0.3, 0.4) is 0 Å². The molecule has 5 nitrogen and oxygen atoms in total. The Balaban J connectivity index is 2.08. The lowest BCUT2D eigenvalue weighted by Gasteiger charge is -2.32. The average molecular weight is 460 g/mol. The molecule has 0 saturated carbocycles. The number of nitrogens with one attached hydrogen (secondary N) is 1. The van der Waals surface area contributed by atoms with Gasteiger partial charge < -0.3 is 15.0 Å². The number of hydrogen-bond donors (Lipinski definition) is 1. The van der Waals surface area contributed by atoms with Gasteiger partial charge in [0.1, 0.15) is 12.0 Å². The number of nitrogens with zero attached hydrogens (tertiary/aromatic N) is 2. The van der Waals surface area contributed by atoms with Crippen molar-refractivity contribution in [2.75, 3.05) is 13.6 Å². The lowest BCUT2D eigenvalue weighted by atomic mass is 9.93. The first kappa shape index (κ1) is 24.6. The van der Waals surface area contributed by atoms with Gasteiger partial charge in [0.05, 0.1) is 6.38 Å². The summed E-state index contributed by atoms with van der Waals surface area (Å²) >= 11 is 1.54. The lowest BCUT2D eigenvalue weighted by molar-refractivity contribution is -0.111. The lowest BCUT2D eigenvalue weighted by Crippen LogP contribution is -2.38. The Kier molecular flexibility index (Phi) is 9.88. The first-order valence-corrected chi connectivity index (χ1v) is 12.5. The van der Waals surface area contributed by atoms with E-state index in [0.717, 1.165) is 29.8 Å². The second kappa shape index (κ2) is 12.9. The van der Waals surface area contributed by atoms with Gasteiger partial charge in [0, 0.05) is 29.3 Å². The SMILES string of the molecule is [3H]c1ccc(CC(CC(C)C=O)NC(=O)c2csc(C(C)CC(C(C)C)N(C)CC)n2)cc1. The van der Waals surface area contributed by atoms with Crippen LogP contribution in [0.1, 0.15) is 75.8 Å². The molecule has 2 aromatic rings. The number of amides is 1. The number of rotatable bonds is 13. The number of benzene rings is 1. The van der Waals surface area contributed by atoms with E-state index in [1.807, 2.05) is 24.4 Å². The third-order valence-corrected chi connectivity index (χ3v) is 7.18. The molecular weight excluding hydrogens is 418 g/mol. The Bertz CT molecular complexity index is 884. The predicted octanol–water partition coefficient (Wildman–Crippen LogP) is 5.18. The Morgan fingerprint density at radius 2 is 1.94 bits per heavy atom. The highest BCUT2D eigenvalue weighted by Gasteiger charge is 2.24. The van der Waals surface area contributed by atoms with Gasteiger partial charge in [0.2, 0.25) is 0 Å². The fourth-order valence-corrected chi connectivity index (χ4v) is 4.95. The van der Waals surface area contributed by atoms with Crippen LogP contribution < -0.4 is 5.32 Å². The van der Waals surface area contributed by atoms with Crippen LogP contribution in [-0.2, 0) is 11.2 Å². The van der Waals surface area contributed by atoms with Gasteiger partial charge in [0.15, 0.2) is 0 Å². The highest BCUT2D eigenvalue weighted by Crippen LogP contribution is 2.28. The van der Waals surface area contributed by atoms with Gasteiger partial charge in [0.25, 0.3) is 5.91 Å². The molecular formula is C26H39N3O2S. The molecule has 6 heteroatoms. The molecule has 2 rings (SSSR count). The van der Waals surface area contributed by atoms with Crippen LogP contribution in [0, 0.1) is 11.8 Å². The van der Waals surface area contributed by atoms with Crippen molar-refractivity contribution in [2.24, 2.45) is 11.8 Å². The van der Waals surface area contributed by atoms with Crippen LogP contribution in [0.2, 0.25) is 0 Å². The zero-order chi connectivity index (χ0) is 24.5. The summed E-state index contributed by atoms with van der Waals surface area (Å²) in [5.74, 6) is 0.466. The average Bonchev–Trinajstić information content (AvgIpc) is 3.28. The van der Waals surface area contributed by atoms with Crippen LogP contribution in [0.5, 0.6) is 0 Å². The molecule has 1 amide bonds. The summed E-state index contributed by atoms with van der Waals surface area (Å²) in [7, 11) is 2.16. The third kappa shape index (κ3) is 7.82. The van der Waals surface area contributed by atoms with Gasteiger partial charge in [-0.25, -0.2) is 4.98 Å². The second-order valence-electron chi connectivity index (χ2n) is 9.22. The number of aldehydes is 1. The molecule has 0 radical (unpaired) electrons. The minimum atomic E-state index is -0.198. The molecule has 0 bridgehead atoms. The van der Waals surface area contributed by atoms with E-state index in [9.17, 15) is 9.59 Å². The highest BCUT2D eigenvalue weighted by molar-refractivity contribution is 7.09. The molecule has 0 spiro atoms. The van der Waals surface area contributed by atoms with Gasteiger partial charge >= 0.3 is 0 Å². The van der Waals surface area contributed by atoms with Crippen molar-refractivity contribution in [1.29, 1.82) is 0 Å². The maximum atomic E-state index is 13.0. The Morgan fingerprint density at radius 3 is 2.53 bits per heavy atom. The molecule has 1 aromatic heterocycles. The Morgan fingerprint density at radius 1 is 1.25 bits per heavy atom. The van der Waals surface area contributed by atoms with Gasteiger partial charge in [-0.05, 0) is 44.3 Å².